The van der Waals surface area contributed by atoms with Gasteiger partial charge in [-0.1, -0.05) is 0 Å². The molecular formula is C16H25N3O5. The lowest BCUT2D eigenvalue weighted by atomic mass is 10.2. The minimum atomic E-state index is -0.544. The molecule has 2 amide bonds. The highest BCUT2D eigenvalue weighted by Gasteiger charge is 2.16. The van der Waals surface area contributed by atoms with Crippen LogP contribution in [0.3, 0.4) is 0 Å². The zero-order valence-electron chi connectivity index (χ0n) is 14.8. The number of alkyl carbamates (subject to hydrolysis) is 1. The van der Waals surface area contributed by atoms with Crippen molar-refractivity contribution >= 4 is 12.0 Å². The van der Waals surface area contributed by atoms with Gasteiger partial charge in [-0.3, -0.25) is 9.59 Å². The topological polar surface area (TPSA) is 98.7 Å². The van der Waals surface area contributed by atoms with Crippen molar-refractivity contribution in [3.8, 4) is 5.75 Å². The molecule has 24 heavy (non-hydrogen) atoms. The average molecular weight is 339 g/mol. The maximum absolute atomic E-state index is 12.2. The summed E-state index contributed by atoms with van der Waals surface area (Å²) in [6, 6.07) is 1.26. The van der Waals surface area contributed by atoms with Gasteiger partial charge < -0.3 is 24.7 Å². The number of amides is 2. The fourth-order valence-electron chi connectivity index (χ4n) is 1.84. The monoisotopic (exact) mass is 339 g/mol. The minimum absolute atomic E-state index is 0.225. The van der Waals surface area contributed by atoms with Gasteiger partial charge in [0.2, 0.25) is 0 Å². The van der Waals surface area contributed by atoms with Crippen LogP contribution in [0.5, 0.6) is 5.75 Å². The van der Waals surface area contributed by atoms with Crippen LogP contribution in [-0.2, 0) is 11.8 Å². The van der Waals surface area contributed by atoms with Crippen LogP contribution >= 0.6 is 0 Å². The molecule has 0 aliphatic rings. The van der Waals surface area contributed by atoms with Gasteiger partial charge in [0.05, 0.1) is 12.7 Å². The Bertz CT molecular complexity index is 646. The molecule has 0 bridgehead atoms. The van der Waals surface area contributed by atoms with Gasteiger partial charge in [-0.15, -0.1) is 0 Å². The molecule has 2 N–H and O–H groups in total. The predicted molar refractivity (Wildman–Crippen MR) is 89.4 cm³/mol. The number of ether oxygens (including phenoxy) is 2. The minimum Gasteiger partial charge on any atom is -0.496 e. The summed E-state index contributed by atoms with van der Waals surface area (Å²) >= 11 is 0. The maximum atomic E-state index is 12.2. The van der Waals surface area contributed by atoms with Gasteiger partial charge >= 0.3 is 6.09 Å². The molecule has 0 atom stereocenters. The first kappa shape index (κ1) is 19.5. The van der Waals surface area contributed by atoms with E-state index in [2.05, 4.69) is 10.6 Å². The van der Waals surface area contributed by atoms with E-state index in [1.807, 2.05) is 0 Å². The summed E-state index contributed by atoms with van der Waals surface area (Å²) in [5.74, 6) is -0.123. The standard InChI is InChI=1S/C16H25N3O5/c1-16(2,3)24-15(22)18-8-6-7-17-14(21)11-10-19(4)13(20)9-12(11)23-5/h9-10H,6-8H2,1-5H3,(H,17,21)(H,18,22). The Morgan fingerprint density at radius 2 is 1.83 bits per heavy atom. The maximum Gasteiger partial charge on any atom is 0.407 e. The van der Waals surface area contributed by atoms with Crippen LogP contribution in [0, 0.1) is 0 Å². The first-order valence-corrected chi connectivity index (χ1v) is 7.64. The van der Waals surface area contributed by atoms with Crippen molar-refractivity contribution in [2.24, 2.45) is 7.05 Å². The molecule has 1 aromatic heterocycles. The fourth-order valence-corrected chi connectivity index (χ4v) is 1.84. The number of hydrogen-bond donors (Lipinski definition) is 2. The normalized spacial score (nSPS) is 10.9. The molecule has 0 fully saturated rings. The number of hydrogen-bond acceptors (Lipinski definition) is 5. The predicted octanol–water partition coefficient (Wildman–Crippen LogP) is 1.04. The molecule has 0 saturated heterocycles. The Kier molecular flexibility index (Phi) is 6.82. The number of rotatable bonds is 6. The van der Waals surface area contributed by atoms with Gasteiger partial charge in [0.1, 0.15) is 11.4 Å². The van der Waals surface area contributed by atoms with Crippen molar-refractivity contribution in [2.45, 2.75) is 32.8 Å². The number of carbonyl (C=O) groups is 2. The highest BCUT2D eigenvalue weighted by atomic mass is 16.6. The highest BCUT2D eigenvalue weighted by molar-refractivity contribution is 5.96. The van der Waals surface area contributed by atoms with Gasteiger partial charge in [0.25, 0.3) is 11.5 Å². The van der Waals surface area contributed by atoms with E-state index in [9.17, 15) is 14.4 Å². The fraction of sp³-hybridized carbons (Fsp3) is 0.562. The second-order valence-corrected chi connectivity index (χ2v) is 6.24. The highest BCUT2D eigenvalue weighted by Crippen LogP contribution is 2.14. The van der Waals surface area contributed by atoms with E-state index in [0.29, 0.717) is 19.5 Å². The molecule has 0 aliphatic heterocycles. The second kappa shape index (κ2) is 8.37. The van der Waals surface area contributed by atoms with Crippen LogP contribution in [0.15, 0.2) is 17.1 Å². The SMILES string of the molecule is COc1cc(=O)n(C)cc1C(=O)NCCCNC(=O)OC(C)(C)C. The smallest absolute Gasteiger partial charge is 0.407 e. The van der Waals surface area contributed by atoms with Gasteiger partial charge in [-0.25, -0.2) is 4.79 Å². The second-order valence-electron chi connectivity index (χ2n) is 6.24. The van der Waals surface area contributed by atoms with E-state index in [1.54, 1.807) is 27.8 Å². The summed E-state index contributed by atoms with van der Waals surface area (Å²) in [4.78, 5) is 35.1. The molecule has 0 aromatic carbocycles. The van der Waals surface area contributed by atoms with Crippen LogP contribution in [-0.4, -0.2) is 42.4 Å². The lowest BCUT2D eigenvalue weighted by Crippen LogP contribution is -2.34. The van der Waals surface area contributed by atoms with E-state index in [4.69, 9.17) is 9.47 Å². The summed E-state index contributed by atoms with van der Waals surface area (Å²) in [5.41, 5.74) is -0.525. The quantitative estimate of drug-likeness (QED) is 0.755. The summed E-state index contributed by atoms with van der Waals surface area (Å²) in [6.45, 7) is 6.09. The Morgan fingerprint density at radius 3 is 2.42 bits per heavy atom. The lowest BCUT2D eigenvalue weighted by molar-refractivity contribution is 0.0527. The number of carbonyl (C=O) groups excluding carboxylic acids is 2. The van der Waals surface area contributed by atoms with Crippen molar-refractivity contribution in [3.63, 3.8) is 0 Å². The lowest BCUT2D eigenvalue weighted by Gasteiger charge is -2.19. The molecular weight excluding hydrogens is 314 g/mol. The summed E-state index contributed by atoms with van der Waals surface area (Å²) < 4.78 is 11.5. The molecule has 1 heterocycles. The molecule has 8 nitrogen and oxygen atoms in total. The van der Waals surface area contributed by atoms with Gasteiger partial charge in [-0.2, -0.15) is 0 Å². The molecule has 1 rings (SSSR count). The van der Waals surface area contributed by atoms with E-state index in [-0.39, 0.29) is 22.8 Å². The van der Waals surface area contributed by atoms with E-state index in [0.717, 1.165) is 0 Å². The van der Waals surface area contributed by atoms with E-state index in [1.165, 1.54) is 23.9 Å². The van der Waals surface area contributed by atoms with E-state index >= 15 is 0 Å². The van der Waals surface area contributed by atoms with Crippen LogP contribution < -0.4 is 20.9 Å². The van der Waals surface area contributed by atoms with Crippen molar-refractivity contribution in [1.82, 2.24) is 15.2 Å². The van der Waals surface area contributed by atoms with Crippen LogP contribution in [0.1, 0.15) is 37.6 Å². The number of nitrogens with zero attached hydrogens (tertiary/aromatic N) is 1. The molecule has 0 aliphatic carbocycles. The molecule has 0 unspecified atom stereocenters. The van der Waals surface area contributed by atoms with Crippen molar-refractivity contribution in [3.05, 3.63) is 28.2 Å². The number of pyridine rings is 1. The van der Waals surface area contributed by atoms with Gasteiger partial charge in [0, 0.05) is 32.4 Å². The molecule has 0 radical (unpaired) electrons. The van der Waals surface area contributed by atoms with Gasteiger partial charge in [0.15, 0.2) is 0 Å². The summed E-state index contributed by atoms with van der Waals surface area (Å²) in [6.07, 6.45) is 1.47. The number of methoxy groups -OCH3 is 1. The van der Waals surface area contributed by atoms with Crippen molar-refractivity contribution in [2.75, 3.05) is 20.2 Å². The zero-order chi connectivity index (χ0) is 18.3. The van der Waals surface area contributed by atoms with Crippen LogP contribution in [0.25, 0.3) is 0 Å². The number of nitrogens with one attached hydrogen (secondary N) is 2. The molecule has 8 heteroatoms. The first-order valence-electron chi connectivity index (χ1n) is 7.64. The van der Waals surface area contributed by atoms with Gasteiger partial charge in [-0.05, 0) is 27.2 Å². The largest absolute Gasteiger partial charge is 0.496 e. The third-order valence-electron chi connectivity index (χ3n) is 2.96. The molecule has 0 saturated carbocycles. The van der Waals surface area contributed by atoms with Crippen molar-refractivity contribution in [1.29, 1.82) is 0 Å². The molecule has 1 aromatic rings. The average Bonchev–Trinajstić information content (AvgIpc) is 2.47. The Labute approximate surface area is 141 Å². The van der Waals surface area contributed by atoms with Crippen LogP contribution in [0.4, 0.5) is 4.79 Å². The third-order valence-corrected chi connectivity index (χ3v) is 2.96. The van der Waals surface area contributed by atoms with E-state index < -0.39 is 11.7 Å². The Hall–Kier alpha value is -2.51. The van der Waals surface area contributed by atoms with Crippen molar-refractivity contribution < 1.29 is 19.1 Å². The zero-order valence-corrected chi connectivity index (χ0v) is 14.8. The third kappa shape index (κ3) is 6.31. The first-order chi connectivity index (χ1) is 11.1. The molecule has 134 valence electrons. The Balaban J connectivity index is 2.44. The van der Waals surface area contributed by atoms with Crippen LogP contribution in [0.2, 0.25) is 0 Å². The molecule has 0 spiro atoms. The number of aryl methyl sites for hydroxylation is 1. The summed E-state index contributed by atoms with van der Waals surface area (Å²) in [7, 11) is 2.96. The Morgan fingerprint density at radius 1 is 1.21 bits per heavy atom. The number of aromatic nitrogens is 1. The summed E-state index contributed by atoms with van der Waals surface area (Å²) in [5, 5.41) is 5.33.